The number of fused-ring (bicyclic) bond motifs is 1. The number of rotatable bonds is 2. The summed E-state index contributed by atoms with van der Waals surface area (Å²) < 4.78 is 10.8. The predicted molar refractivity (Wildman–Crippen MR) is 80.9 cm³/mol. The summed E-state index contributed by atoms with van der Waals surface area (Å²) in [5.41, 5.74) is 0.760. The second-order valence-corrected chi connectivity index (χ2v) is 6.25. The lowest BCUT2D eigenvalue weighted by atomic mass is 9.89. The molecular formula is C17H21NO4. The molecule has 1 fully saturated rings. The van der Waals surface area contributed by atoms with Gasteiger partial charge in [-0.25, -0.2) is 4.79 Å². The van der Waals surface area contributed by atoms with Crippen LogP contribution in [0.2, 0.25) is 0 Å². The van der Waals surface area contributed by atoms with Gasteiger partial charge in [0, 0.05) is 25.4 Å². The van der Waals surface area contributed by atoms with E-state index >= 15 is 0 Å². The zero-order valence-electron chi connectivity index (χ0n) is 13.2. The van der Waals surface area contributed by atoms with Gasteiger partial charge < -0.3 is 14.4 Å². The van der Waals surface area contributed by atoms with Gasteiger partial charge >= 0.3 is 5.97 Å². The number of methoxy groups -OCH3 is 1. The van der Waals surface area contributed by atoms with Gasteiger partial charge in [0.1, 0.15) is 5.75 Å². The van der Waals surface area contributed by atoms with Crippen molar-refractivity contribution in [2.45, 2.75) is 44.8 Å². The number of benzene rings is 1. The molecule has 1 atom stereocenters. The van der Waals surface area contributed by atoms with E-state index in [2.05, 4.69) is 0 Å². The Kier molecular flexibility index (Phi) is 3.59. The first-order valence-electron chi connectivity index (χ1n) is 7.68. The van der Waals surface area contributed by atoms with Crippen molar-refractivity contribution in [3.8, 4) is 5.75 Å². The summed E-state index contributed by atoms with van der Waals surface area (Å²) in [5, 5.41) is 0. The Morgan fingerprint density at radius 3 is 2.77 bits per heavy atom. The van der Waals surface area contributed by atoms with Gasteiger partial charge in [-0.15, -0.1) is 0 Å². The second kappa shape index (κ2) is 5.30. The van der Waals surface area contributed by atoms with Crippen molar-refractivity contribution in [2.24, 2.45) is 0 Å². The highest BCUT2D eigenvalue weighted by Crippen LogP contribution is 2.40. The fraction of sp³-hybridized carbons (Fsp3) is 0.529. The Morgan fingerprint density at radius 1 is 1.36 bits per heavy atom. The van der Waals surface area contributed by atoms with E-state index in [4.69, 9.17) is 9.47 Å². The standard InChI is InChI=1S/C17H21NO4/c1-11(2)18-9-8-17(16(18)20)7-6-12-10-13(15(19)21-3)4-5-14(12)22-17/h4-5,10-11H,6-9H2,1-3H3. The van der Waals surface area contributed by atoms with E-state index in [0.29, 0.717) is 17.7 Å². The van der Waals surface area contributed by atoms with Crippen LogP contribution in [-0.2, 0) is 16.0 Å². The van der Waals surface area contributed by atoms with E-state index in [1.807, 2.05) is 18.7 Å². The van der Waals surface area contributed by atoms with Gasteiger partial charge in [0.2, 0.25) is 0 Å². The topological polar surface area (TPSA) is 55.8 Å². The minimum absolute atomic E-state index is 0.0881. The van der Waals surface area contributed by atoms with Crippen molar-refractivity contribution in [1.29, 1.82) is 0 Å². The molecule has 5 heteroatoms. The molecule has 0 radical (unpaired) electrons. The molecule has 22 heavy (non-hydrogen) atoms. The molecule has 1 unspecified atom stereocenters. The normalized spacial score (nSPS) is 23.6. The van der Waals surface area contributed by atoms with E-state index < -0.39 is 5.60 Å². The van der Waals surface area contributed by atoms with Crippen molar-refractivity contribution in [3.63, 3.8) is 0 Å². The first-order valence-corrected chi connectivity index (χ1v) is 7.68. The molecule has 2 aliphatic heterocycles. The number of carbonyl (C=O) groups excluding carboxylic acids is 2. The van der Waals surface area contributed by atoms with E-state index in [1.54, 1.807) is 18.2 Å². The fourth-order valence-corrected chi connectivity index (χ4v) is 3.31. The van der Waals surface area contributed by atoms with Crippen molar-refractivity contribution >= 4 is 11.9 Å². The maximum absolute atomic E-state index is 12.7. The molecule has 3 rings (SSSR count). The van der Waals surface area contributed by atoms with Crippen LogP contribution in [0.4, 0.5) is 0 Å². The van der Waals surface area contributed by atoms with Gasteiger partial charge in [-0.2, -0.15) is 0 Å². The summed E-state index contributed by atoms with van der Waals surface area (Å²) in [6.45, 7) is 4.79. The van der Waals surface area contributed by atoms with E-state index in [0.717, 1.165) is 24.9 Å². The molecule has 0 aromatic heterocycles. The smallest absolute Gasteiger partial charge is 0.337 e. The molecule has 2 aliphatic rings. The molecule has 2 heterocycles. The average Bonchev–Trinajstić information content (AvgIpc) is 2.83. The monoisotopic (exact) mass is 303 g/mol. The molecule has 1 aromatic carbocycles. The molecule has 0 N–H and O–H groups in total. The first-order chi connectivity index (χ1) is 10.5. The zero-order valence-corrected chi connectivity index (χ0v) is 13.2. The number of aryl methyl sites for hydroxylation is 1. The first kappa shape index (κ1) is 14.9. The van der Waals surface area contributed by atoms with Gasteiger partial charge in [-0.1, -0.05) is 0 Å². The summed E-state index contributed by atoms with van der Waals surface area (Å²) in [4.78, 5) is 26.2. The minimum Gasteiger partial charge on any atom is -0.477 e. The largest absolute Gasteiger partial charge is 0.477 e. The van der Waals surface area contributed by atoms with Crippen LogP contribution < -0.4 is 4.74 Å². The van der Waals surface area contributed by atoms with Crippen LogP contribution in [0.5, 0.6) is 5.75 Å². The fourth-order valence-electron chi connectivity index (χ4n) is 3.31. The molecule has 0 saturated carbocycles. The molecule has 1 amide bonds. The molecule has 0 bridgehead atoms. The lowest BCUT2D eigenvalue weighted by Gasteiger charge is -2.34. The molecule has 1 spiro atoms. The third-order valence-electron chi connectivity index (χ3n) is 4.62. The van der Waals surface area contributed by atoms with E-state index in [-0.39, 0.29) is 17.9 Å². The van der Waals surface area contributed by atoms with E-state index in [9.17, 15) is 9.59 Å². The number of ether oxygens (including phenoxy) is 2. The molecule has 1 saturated heterocycles. The van der Waals surface area contributed by atoms with Crippen molar-refractivity contribution in [1.82, 2.24) is 4.90 Å². The highest BCUT2D eigenvalue weighted by Gasteiger charge is 2.51. The SMILES string of the molecule is COC(=O)c1ccc2c(c1)CCC1(CCN(C(C)C)C1=O)O2. The Morgan fingerprint density at radius 2 is 2.14 bits per heavy atom. The highest BCUT2D eigenvalue weighted by atomic mass is 16.5. The van der Waals surface area contributed by atoms with Gasteiger partial charge in [-0.05, 0) is 44.0 Å². The number of hydrogen-bond donors (Lipinski definition) is 0. The van der Waals surface area contributed by atoms with Crippen LogP contribution in [0, 0.1) is 0 Å². The van der Waals surface area contributed by atoms with E-state index in [1.165, 1.54) is 7.11 Å². The number of likely N-dealkylation sites (tertiary alicyclic amines) is 1. The van der Waals surface area contributed by atoms with Crippen molar-refractivity contribution < 1.29 is 19.1 Å². The lowest BCUT2D eigenvalue weighted by Crippen LogP contribution is -2.48. The number of amides is 1. The van der Waals surface area contributed by atoms with Crippen LogP contribution in [0.3, 0.4) is 0 Å². The van der Waals surface area contributed by atoms with Gasteiger partial charge in [0.25, 0.3) is 5.91 Å². The third-order valence-corrected chi connectivity index (χ3v) is 4.62. The van der Waals surface area contributed by atoms with Crippen LogP contribution in [0.1, 0.15) is 42.6 Å². The zero-order chi connectivity index (χ0) is 15.9. The highest BCUT2D eigenvalue weighted by molar-refractivity contribution is 5.90. The van der Waals surface area contributed by atoms with Crippen LogP contribution in [0.15, 0.2) is 18.2 Å². The van der Waals surface area contributed by atoms with Crippen LogP contribution >= 0.6 is 0 Å². The summed E-state index contributed by atoms with van der Waals surface area (Å²) in [6, 6.07) is 5.45. The Balaban J connectivity index is 1.86. The van der Waals surface area contributed by atoms with Gasteiger partial charge in [0.05, 0.1) is 12.7 Å². The lowest BCUT2D eigenvalue weighted by molar-refractivity contribution is -0.143. The Labute approximate surface area is 130 Å². The van der Waals surface area contributed by atoms with Crippen molar-refractivity contribution in [3.05, 3.63) is 29.3 Å². The average molecular weight is 303 g/mol. The number of carbonyl (C=O) groups is 2. The summed E-state index contributed by atoms with van der Waals surface area (Å²) in [6.07, 6.45) is 2.12. The summed E-state index contributed by atoms with van der Waals surface area (Å²) in [5.74, 6) is 0.439. The van der Waals surface area contributed by atoms with Gasteiger partial charge in [0.15, 0.2) is 5.60 Å². The molecular weight excluding hydrogens is 282 g/mol. The Bertz CT molecular complexity index is 625. The van der Waals surface area contributed by atoms with Crippen LogP contribution in [-0.4, -0.2) is 42.1 Å². The summed E-state index contributed by atoms with van der Waals surface area (Å²) in [7, 11) is 1.37. The quantitative estimate of drug-likeness (QED) is 0.786. The number of nitrogens with zero attached hydrogens (tertiary/aromatic N) is 1. The molecule has 0 aliphatic carbocycles. The maximum atomic E-state index is 12.7. The van der Waals surface area contributed by atoms with Gasteiger partial charge in [-0.3, -0.25) is 4.79 Å². The predicted octanol–water partition coefficient (Wildman–Crippen LogP) is 2.18. The Hall–Kier alpha value is -2.04. The third kappa shape index (κ3) is 2.25. The second-order valence-electron chi connectivity index (χ2n) is 6.25. The minimum atomic E-state index is -0.718. The molecule has 118 valence electrons. The molecule has 5 nitrogen and oxygen atoms in total. The number of hydrogen-bond acceptors (Lipinski definition) is 4. The number of esters is 1. The molecule has 1 aromatic rings. The van der Waals surface area contributed by atoms with Crippen molar-refractivity contribution in [2.75, 3.05) is 13.7 Å². The maximum Gasteiger partial charge on any atom is 0.337 e. The van der Waals surface area contributed by atoms with Crippen LogP contribution in [0.25, 0.3) is 0 Å². The summed E-state index contributed by atoms with van der Waals surface area (Å²) >= 11 is 0.